The summed E-state index contributed by atoms with van der Waals surface area (Å²) in [6, 6.07) is 12.0. The van der Waals surface area contributed by atoms with Crippen LogP contribution in [-0.2, 0) is 0 Å². The van der Waals surface area contributed by atoms with Crippen molar-refractivity contribution >= 4 is 0 Å². The van der Waals surface area contributed by atoms with Crippen LogP contribution in [0.4, 0.5) is 4.39 Å². The van der Waals surface area contributed by atoms with Gasteiger partial charge in [0.25, 0.3) is 0 Å². The number of hydrogen-bond acceptors (Lipinski definition) is 1. The van der Waals surface area contributed by atoms with Crippen LogP contribution in [0.15, 0.2) is 54.7 Å². The van der Waals surface area contributed by atoms with E-state index < -0.39 is 19.5 Å². The largest absolute Gasteiger partial charge is 0.256 e. The van der Waals surface area contributed by atoms with Crippen molar-refractivity contribution in [1.82, 2.24) is 4.98 Å². The molecule has 0 atom stereocenters. The first kappa shape index (κ1) is 8.84. The lowest BCUT2D eigenvalue weighted by molar-refractivity contribution is 0.628. The van der Waals surface area contributed by atoms with E-state index in [2.05, 4.69) is 4.98 Å². The van der Waals surface area contributed by atoms with E-state index in [1.165, 1.54) is 36.5 Å². The van der Waals surface area contributed by atoms with Gasteiger partial charge in [0.2, 0.25) is 0 Å². The summed E-state index contributed by atoms with van der Waals surface area (Å²) in [6.45, 7) is -2.81. The Morgan fingerprint density at radius 1 is 0.909 bits per heavy atom. The average molecular weight is 297 g/mol. The van der Waals surface area contributed by atoms with Crippen molar-refractivity contribution in [3.8, 4) is 22.4 Å². The van der Waals surface area contributed by atoms with Crippen molar-refractivity contribution in [3.05, 3.63) is 77.2 Å². The summed E-state index contributed by atoms with van der Waals surface area (Å²) in [7, 11) is 0. The van der Waals surface area contributed by atoms with E-state index in [0.29, 0.717) is 27.9 Å². The molecule has 0 amide bonds. The zero-order valence-corrected chi connectivity index (χ0v) is 12.0. The van der Waals surface area contributed by atoms with Crippen LogP contribution in [0, 0.1) is 26.4 Å². The maximum atomic E-state index is 13.3. The molecule has 0 bridgehead atoms. The third kappa shape index (κ3) is 2.77. The Labute approximate surface area is 138 Å². The summed E-state index contributed by atoms with van der Waals surface area (Å²) >= 11 is 0. The number of halogens is 1. The minimum absolute atomic E-state index is 0.131. The van der Waals surface area contributed by atoms with Gasteiger partial charge in [0.15, 0.2) is 0 Å². The number of pyridine rings is 1. The standard InChI is InChI=1S/C20H18FN/c1-13-4-9-20(22-12-13)19-11-18(14(2)10-15(19)3)16-5-7-17(21)8-6-16/h4-12H,1-3H3/i1D3,2D3. The summed E-state index contributed by atoms with van der Waals surface area (Å²) in [5.41, 5.74) is 3.25. The topological polar surface area (TPSA) is 12.9 Å². The Balaban J connectivity index is 2.18. The lowest BCUT2D eigenvalue weighted by Crippen LogP contribution is -1.92. The van der Waals surface area contributed by atoms with Gasteiger partial charge in [0.1, 0.15) is 5.82 Å². The van der Waals surface area contributed by atoms with Gasteiger partial charge in [-0.3, -0.25) is 4.98 Å². The molecular weight excluding hydrogens is 273 g/mol. The van der Waals surface area contributed by atoms with Crippen LogP contribution in [-0.4, -0.2) is 4.98 Å². The highest BCUT2D eigenvalue weighted by molar-refractivity contribution is 5.76. The summed E-state index contributed by atoms with van der Waals surface area (Å²) in [6.07, 6.45) is 1.30. The Morgan fingerprint density at radius 2 is 1.73 bits per heavy atom. The lowest BCUT2D eigenvalue weighted by Gasteiger charge is -2.12. The van der Waals surface area contributed by atoms with Crippen LogP contribution in [0.2, 0.25) is 0 Å². The fourth-order valence-corrected chi connectivity index (χ4v) is 2.41. The Hall–Kier alpha value is -2.48. The molecule has 0 fully saturated rings. The second-order valence-electron chi connectivity index (χ2n) is 5.15. The maximum Gasteiger partial charge on any atom is 0.123 e. The number of nitrogens with zero attached hydrogens (tertiary/aromatic N) is 1. The Bertz CT molecular complexity index is 989. The number of aryl methyl sites for hydroxylation is 3. The normalized spacial score (nSPS) is 15.9. The second-order valence-corrected chi connectivity index (χ2v) is 5.15. The van der Waals surface area contributed by atoms with E-state index in [-0.39, 0.29) is 11.1 Å². The van der Waals surface area contributed by atoms with Gasteiger partial charge in [-0.05, 0) is 72.7 Å². The van der Waals surface area contributed by atoms with Gasteiger partial charge in [0.05, 0.1) is 5.69 Å². The summed E-state index contributed by atoms with van der Waals surface area (Å²) < 4.78 is 59.2. The SMILES string of the molecule is [2H]C([2H])([2H])c1ccc(-c2cc(-c3ccc(F)cc3)c(C([2H])([2H])[2H])cc2C)nc1. The number of hydrogen-bond donors (Lipinski definition) is 0. The van der Waals surface area contributed by atoms with Crippen molar-refractivity contribution in [1.29, 1.82) is 0 Å². The highest BCUT2D eigenvalue weighted by atomic mass is 19.1. The molecule has 0 aliphatic carbocycles. The van der Waals surface area contributed by atoms with Crippen molar-refractivity contribution < 1.29 is 12.6 Å². The minimum Gasteiger partial charge on any atom is -0.256 e. The van der Waals surface area contributed by atoms with E-state index in [4.69, 9.17) is 8.22 Å². The van der Waals surface area contributed by atoms with Gasteiger partial charge >= 0.3 is 0 Å². The highest BCUT2D eigenvalue weighted by Gasteiger charge is 2.09. The highest BCUT2D eigenvalue weighted by Crippen LogP contribution is 2.31. The number of rotatable bonds is 2. The van der Waals surface area contributed by atoms with Crippen molar-refractivity contribution in [3.63, 3.8) is 0 Å². The third-order valence-electron chi connectivity index (χ3n) is 3.56. The van der Waals surface area contributed by atoms with Gasteiger partial charge in [0, 0.05) is 20.0 Å². The number of aromatic nitrogens is 1. The zero-order valence-electron chi connectivity index (χ0n) is 18.0. The molecule has 0 saturated carbocycles. The monoisotopic (exact) mass is 297 g/mol. The molecule has 3 rings (SSSR count). The average Bonchev–Trinajstić information content (AvgIpc) is 2.61. The van der Waals surface area contributed by atoms with Gasteiger partial charge in [-0.25, -0.2) is 4.39 Å². The Kier molecular flexibility index (Phi) is 2.30. The lowest BCUT2D eigenvalue weighted by atomic mass is 9.93. The fourth-order valence-electron chi connectivity index (χ4n) is 2.41. The first-order chi connectivity index (χ1) is 13.0. The molecule has 1 nitrogen and oxygen atoms in total. The van der Waals surface area contributed by atoms with E-state index >= 15 is 0 Å². The molecule has 0 radical (unpaired) electrons. The first-order valence-corrected chi connectivity index (χ1v) is 6.85. The van der Waals surface area contributed by atoms with Crippen LogP contribution in [0.3, 0.4) is 0 Å². The minimum atomic E-state index is -2.34. The molecule has 0 spiro atoms. The molecular formula is C20H18FN. The maximum absolute atomic E-state index is 13.3. The van der Waals surface area contributed by atoms with Crippen LogP contribution < -0.4 is 0 Å². The molecule has 0 N–H and O–H groups in total. The van der Waals surface area contributed by atoms with Crippen LogP contribution in [0.25, 0.3) is 22.4 Å². The Morgan fingerprint density at radius 3 is 2.36 bits per heavy atom. The fraction of sp³-hybridized carbons (Fsp3) is 0.150. The van der Waals surface area contributed by atoms with E-state index in [1.54, 1.807) is 25.1 Å². The van der Waals surface area contributed by atoms with Crippen molar-refractivity contribution in [2.45, 2.75) is 20.6 Å². The van der Waals surface area contributed by atoms with Crippen molar-refractivity contribution in [2.24, 2.45) is 0 Å². The van der Waals surface area contributed by atoms with E-state index in [0.717, 1.165) is 0 Å². The summed E-state index contributed by atoms with van der Waals surface area (Å²) in [4.78, 5) is 4.26. The van der Waals surface area contributed by atoms with Gasteiger partial charge in [-0.2, -0.15) is 0 Å². The smallest absolute Gasteiger partial charge is 0.123 e. The van der Waals surface area contributed by atoms with E-state index in [9.17, 15) is 4.39 Å². The van der Waals surface area contributed by atoms with Crippen LogP contribution in [0.1, 0.15) is 24.9 Å². The van der Waals surface area contributed by atoms with Crippen molar-refractivity contribution in [2.75, 3.05) is 0 Å². The molecule has 2 heteroatoms. The molecule has 0 aliphatic heterocycles. The second kappa shape index (κ2) is 5.72. The molecule has 1 heterocycles. The summed E-state index contributed by atoms with van der Waals surface area (Å²) in [5, 5.41) is 0. The molecule has 110 valence electrons. The molecule has 22 heavy (non-hydrogen) atoms. The zero-order chi connectivity index (χ0) is 20.7. The molecule has 1 aromatic heterocycles. The molecule has 3 aromatic rings. The quantitative estimate of drug-likeness (QED) is 0.610. The van der Waals surface area contributed by atoms with Crippen LogP contribution >= 0.6 is 0 Å². The predicted molar refractivity (Wildman–Crippen MR) is 89.3 cm³/mol. The first-order valence-electron chi connectivity index (χ1n) is 9.85. The van der Waals surface area contributed by atoms with Gasteiger partial charge in [-0.1, -0.05) is 24.3 Å². The van der Waals surface area contributed by atoms with Gasteiger partial charge in [-0.15, -0.1) is 0 Å². The molecule has 0 unspecified atom stereocenters. The summed E-state index contributed by atoms with van der Waals surface area (Å²) in [5.74, 6) is -0.409. The molecule has 0 saturated heterocycles. The van der Waals surface area contributed by atoms with Crippen LogP contribution in [0.5, 0.6) is 0 Å². The third-order valence-corrected chi connectivity index (χ3v) is 3.56. The molecule has 2 aromatic carbocycles. The predicted octanol–water partition coefficient (Wildman–Crippen LogP) is 5.48. The number of benzene rings is 2. The van der Waals surface area contributed by atoms with Gasteiger partial charge < -0.3 is 0 Å². The molecule has 0 aliphatic rings. The van der Waals surface area contributed by atoms with E-state index in [1.807, 2.05) is 0 Å².